The Morgan fingerprint density at radius 1 is 1.39 bits per heavy atom. The van der Waals surface area contributed by atoms with E-state index in [9.17, 15) is 18.0 Å². The first-order chi connectivity index (χ1) is 8.35. The largest absolute Gasteiger partial charge is 0.404 e. The van der Waals surface area contributed by atoms with Crippen LogP contribution in [0, 0.1) is 5.41 Å². The van der Waals surface area contributed by atoms with Crippen molar-refractivity contribution in [2.45, 2.75) is 30.2 Å². The van der Waals surface area contributed by atoms with Crippen molar-refractivity contribution in [3.63, 3.8) is 0 Å². The number of carbonyl (C=O) groups is 1. The Balaban J connectivity index is 2.01. The molecule has 2 aliphatic rings. The summed E-state index contributed by atoms with van der Waals surface area (Å²) in [6, 6.07) is 0. The normalized spacial score (nSPS) is 30.2. The fraction of sp³-hybridized carbons (Fsp3) is 0.909. The molecule has 0 radical (unpaired) electrons. The van der Waals surface area contributed by atoms with Gasteiger partial charge >= 0.3 is 6.18 Å². The summed E-state index contributed by atoms with van der Waals surface area (Å²) < 4.78 is 39.2. The highest BCUT2D eigenvalue weighted by Crippen LogP contribution is 2.47. The van der Waals surface area contributed by atoms with Crippen LogP contribution in [0.1, 0.15) is 19.3 Å². The van der Waals surface area contributed by atoms with E-state index in [1.807, 2.05) is 6.26 Å². The zero-order valence-electron chi connectivity index (χ0n) is 10.2. The van der Waals surface area contributed by atoms with E-state index < -0.39 is 17.5 Å². The number of nitrogens with one attached hydrogen (secondary N) is 2. The highest BCUT2D eigenvalue weighted by Gasteiger charge is 2.61. The second kappa shape index (κ2) is 4.59. The van der Waals surface area contributed by atoms with E-state index in [1.54, 1.807) is 11.8 Å². The number of halogens is 3. The predicted molar refractivity (Wildman–Crippen MR) is 64.5 cm³/mol. The van der Waals surface area contributed by atoms with Gasteiger partial charge in [0.25, 0.3) is 0 Å². The van der Waals surface area contributed by atoms with Gasteiger partial charge in [0.1, 0.15) is 0 Å². The smallest absolute Gasteiger partial charge is 0.354 e. The molecule has 18 heavy (non-hydrogen) atoms. The number of hydrogen-bond donors (Lipinski definition) is 2. The Morgan fingerprint density at radius 3 is 2.44 bits per heavy atom. The molecule has 2 rings (SSSR count). The molecule has 2 N–H and O–H groups in total. The van der Waals surface area contributed by atoms with Gasteiger partial charge in [-0.05, 0) is 32.1 Å². The maximum atomic E-state index is 13.1. The molecule has 0 aromatic heterocycles. The third kappa shape index (κ3) is 2.34. The minimum atomic E-state index is -4.49. The Morgan fingerprint density at radius 2 is 2.06 bits per heavy atom. The molecule has 1 aliphatic heterocycles. The third-order valence-corrected chi connectivity index (χ3v) is 5.36. The number of amides is 1. The number of hydrogen-bond acceptors (Lipinski definition) is 3. The lowest BCUT2D eigenvalue weighted by molar-refractivity contribution is -0.216. The summed E-state index contributed by atoms with van der Waals surface area (Å²) in [5.41, 5.74) is -2.23. The standard InChI is InChI=1S/C11H17F3N2OS/c1-18-9(2-3-9)6-16-8(17)10(11(12,13)14)4-5-15-7-10/h15H,2-7H2,1H3,(H,16,17). The molecule has 3 nitrogen and oxygen atoms in total. The van der Waals surface area contributed by atoms with E-state index >= 15 is 0 Å². The van der Waals surface area contributed by atoms with Crippen LogP contribution >= 0.6 is 11.8 Å². The second-order valence-electron chi connectivity index (χ2n) is 5.08. The van der Waals surface area contributed by atoms with Gasteiger partial charge in [-0.15, -0.1) is 0 Å². The molecular weight excluding hydrogens is 265 g/mol. The number of alkyl halides is 3. The lowest BCUT2D eigenvalue weighted by atomic mass is 9.85. The van der Waals surface area contributed by atoms with Crippen molar-refractivity contribution in [3.8, 4) is 0 Å². The Bertz CT molecular complexity index is 336. The van der Waals surface area contributed by atoms with Gasteiger partial charge in [0.2, 0.25) is 5.91 Å². The van der Waals surface area contributed by atoms with E-state index in [0.717, 1.165) is 12.8 Å². The summed E-state index contributed by atoms with van der Waals surface area (Å²) in [5.74, 6) is -0.875. The van der Waals surface area contributed by atoms with Gasteiger partial charge in [-0.25, -0.2) is 0 Å². The molecule has 1 amide bonds. The fourth-order valence-electron chi connectivity index (χ4n) is 2.26. The molecule has 0 bridgehead atoms. The van der Waals surface area contributed by atoms with Crippen LogP contribution in [-0.4, -0.2) is 42.7 Å². The third-order valence-electron chi connectivity index (χ3n) is 3.94. The van der Waals surface area contributed by atoms with Crippen molar-refractivity contribution in [1.29, 1.82) is 0 Å². The first kappa shape index (κ1) is 14.0. The van der Waals surface area contributed by atoms with Crippen LogP contribution in [0.4, 0.5) is 13.2 Å². The van der Waals surface area contributed by atoms with Gasteiger partial charge in [0, 0.05) is 17.8 Å². The van der Waals surface area contributed by atoms with Crippen molar-refractivity contribution in [2.75, 3.05) is 25.9 Å². The lowest BCUT2D eigenvalue weighted by Crippen LogP contribution is -2.53. The van der Waals surface area contributed by atoms with Crippen molar-refractivity contribution in [3.05, 3.63) is 0 Å². The summed E-state index contributed by atoms with van der Waals surface area (Å²) >= 11 is 1.62. The Hall–Kier alpha value is -0.430. The summed E-state index contributed by atoms with van der Waals surface area (Å²) in [7, 11) is 0. The molecule has 1 saturated carbocycles. The molecule has 1 saturated heterocycles. The zero-order chi connectivity index (χ0) is 13.4. The van der Waals surface area contributed by atoms with Crippen LogP contribution < -0.4 is 10.6 Å². The summed E-state index contributed by atoms with van der Waals surface area (Å²) in [6.07, 6.45) is -0.807. The molecule has 1 aliphatic carbocycles. The average Bonchev–Trinajstić information content (AvgIpc) is 2.90. The predicted octanol–water partition coefficient (Wildman–Crippen LogP) is 1.54. The van der Waals surface area contributed by atoms with Gasteiger partial charge < -0.3 is 10.6 Å². The highest BCUT2D eigenvalue weighted by molar-refractivity contribution is 8.00. The fourth-order valence-corrected chi connectivity index (χ4v) is 2.99. The van der Waals surface area contributed by atoms with Crippen LogP contribution in [0.25, 0.3) is 0 Å². The summed E-state index contributed by atoms with van der Waals surface area (Å²) in [6.45, 7) is 0.264. The van der Waals surface area contributed by atoms with Gasteiger partial charge in [-0.1, -0.05) is 0 Å². The Kier molecular flexibility index (Phi) is 3.57. The summed E-state index contributed by atoms with van der Waals surface area (Å²) in [5, 5.41) is 5.15. The molecular formula is C11H17F3N2OS. The Labute approximate surface area is 108 Å². The van der Waals surface area contributed by atoms with Crippen LogP contribution in [0.2, 0.25) is 0 Å². The molecule has 1 heterocycles. The summed E-state index contributed by atoms with van der Waals surface area (Å²) in [4.78, 5) is 11.9. The van der Waals surface area contributed by atoms with E-state index in [2.05, 4.69) is 10.6 Å². The van der Waals surface area contributed by atoms with Crippen LogP contribution in [0.3, 0.4) is 0 Å². The molecule has 1 unspecified atom stereocenters. The van der Waals surface area contributed by atoms with Crippen LogP contribution in [0.5, 0.6) is 0 Å². The van der Waals surface area contributed by atoms with Gasteiger partial charge in [0.15, 0.2) is 5.41 Å². The topological polar surface area (TPSA) is 41.1 Å². The van der Waals surface area contributed by atoms with Crippen LogP contribution in [-0.2, 0) is 4.79 Å². The average molecular weight is 282 g/mol. The number of thioether (sulfide) groups is 1. The minimum Gasteiger partial charge on any atom is -0.354 e. The first-order valence-corrected chi connectivity index (χ1v) is 7.19. The second-order valence-corrected chi connectivity index (χ2v) is 6.35. The SMILES string of the molecule is CSC1(CNC(=O)C2(C(F)(F)F)CCNC2)CC1. The molecule has 104 valence electrons. The van der Waals surface area contributed by atoms with Crippen molar-refractivity contribution >= 4 is 17.7 Å². The van der Waals surface area contributed by atoms with Gasteiger partial charge in [-0.2, -0.15) is 24.9 Å². The zero-order valence-corrected chi connectivity index (χ0v) is 11.0. The van der Waals surface area contributed by atoms with E-state index in [0.29, 0.717) is 6.54 Å². The highest BCUT2D eigenvalue weighted by atomic mass is 32.2. The minimum absolute atomic E-state index is 0.0194. The molecule has 1 atom stereocenters. The first-order valence-electron chi connectivity index (χ1n) is 5.96. The van der Waals surface area contributed by atoms with Crippen molar-refractivity contribution < 1.29 is 18.0 Å². The van der Waals surface area contributed by atoms with E-state index in [1.165, 1.54) is 0 Å². The van der Waals surface area contributed by atoms with Crippen molar-refractivity contribution in [1.82, 2.24) is 10.6 Å². The number of carbonyl (C=O) groups excluding carboxylic acids is 1. The number of rotatable bonds is 4. The molecule has 0 spiro atoms. The van der Waals surface area contributed by atoms with E-state index in [-0.39, 0.29) is 24.3 Å². The molecule has 2 fully saturated rings. The molecule has 0 aromatic carbocycles. The van der Waals surface area contributed by atoms with E-state index in [4.69, 9.17) is 0 Å². The maximum Gasteiger partial charge on any atom is 0.404 e. The van der Waals surface area contributed by atoms with Gasteiger partial charge in [-0.3, -0.25) is 4.79 Å². The molecule has 0 aromatic rings. The van der Waals surface area contributed by atoms with Crippen LogP contribution in [0.15, 0.2) is 0 Å². The van der Waals surface area contributed by atoms with Crippen molar-refractivity contribution in [2.24, 2.45) is 5.41 Å². The molecule has 7 heteroatoms. The maximum absolute atomic E-state index is 13.1. The quantitative estimate of drug-likeness (QED) is 0.822. The monoisotopic (exact) mass is 282 g/mol. The van der Waals surface area contributed by atoms with Gasteiger partial charge in [0.05, 0.1) is 0 Å². The lowest BCUT2D eigenvalue weighted by Gasteiger charge is -2.30.